The van der Waals surface area contributed by atoms with Gasteiger partial charge in [0.05, 0.1) is 16.0 Å². The Kier molecular flexibility index (Phi) is 3.95. The number of hydrogen-bond donors (Lipinski definition) is 2. The van der Waals surface area contributed by atoms with Gasteiger partial charge in [-0.15, -0.1) is 11.3 Å². The smallest absolute Gasteiger partial charge is 0.284 e. The van der Waals surface area contributed by atoms with E-state index in [2.05, 4.69) is 4.98 Å². The molecule has 4 rings (SSSR count). The highest BCUT2D eigenvalue weighted by molar-refractivity contribution is 7.14. The summed E-state index contributed by atoms with van der Waals surface area (Å²) in [7, 11) is 0. The summed E-state index contributed by atoms with van der Waals surface area (Å²) in [6.45, 7) is 1.04. The Bertz CT molecular complexity index is 977. The molecule has 0 saturated heterocycles. The maximum absolute atomic E-state index is 13.0. The lowest BCUT2D eigenvalue weighted by Crippen LogP contribution is -2.35. The Hall–Kier alpha value is -2.77. The van der Waals surface area contributed by atoms with E-state index in [4.69, 9.17) is 5.21 Å². The molecule has 1 aliphatic heterocycles. The van der Waals surface area contributed by atoms with Crippen molar-refractivity contribution in [3.05, 3.63) is 63.5 Å². The molecule has 7 heteroatoms. The van der Waals surface area contributed by atoms with E-state index < -0.39 is 5.91 Å². The maximum atomic E-state index is 13.0. The summed E-state index contributed by atoms with van der Waals surface area (Å²) in [4.78, 5) is 32.2. The van der Waals surface area contributed by atoms with Crippen LogP contribution in [0.5, 0.6) is 0 Å². The Morgan fingerprint density at radius 2 is 2.08 bits per heavy atom. The number of thiophene rings is 1. The molecule has 126 valence electrons. The Morgan fingerprint density at radius 1 is 1.24 bits per heavy atom. The van der Waals surface area contributed by atoms with Crippen LogP contribution in [0.15, 0.2) is 42.6 Å². The van der Waals surface area contributed by atoms with Gasteiger partial charge in [-0.1, -0.05) is 18.2 Å². The highest BCUT2D eigenvalue weighted by atomic mass is 32.1. The molecule has 1 aromatic carbocycles. The number of carbonyl (C=O) groups excluding carboxylic acids is 2. The zero-order valence-corrected chi connectivity index (χ0v) is 14.0. The van der Waals surface area contributed by atoms with E-state index in [0.29, 0.717) is 35.5 Å². The molecule has 0 unspecified atom stereocenters. The number of hydroxylamine groups is 1. The zero-order chi connectivity index (χ0) is 17.4. The van der Waals surface area contributed by atoms with Crippen molar-refractivity contribution in [2.45, 2.75) is 13.0 Å². The average molecular weight is 353 g/mol. The fourth-order valence-corrected chi connectivity index (χ4v) is 4.17. The van der Waals surface area contributed by atoms with Gasteiger partial charge in [0.2, 0.25) is 0 Å². The summed E-state index contributed by atoms with van der Waals surface area (Å²) in [6.07, 6.45) is 2.38. The van der Waals surface area contributed by atoms with Crippen molar-refractivity contribution in [3.63, 3.8) is 0 Å². The second kappa shape index (κ2) is 6.27. The zero-order valence-electron chi connectivity index (χ0n) is 13.2. The van der Waals surface area contributed by atoms with Crippen LogP contribution in [-0.2, 0) is 13.0 Å². The fourth-order valence-electron chi connectivity index (χ4n) is 3.12. The van der Waals surface area contributed by atoms with Gasteiger partial charge < -0.3 is 4.90 Å². The monoisotopic (exact) mass is 353 g/mol. The predicted octanol–water partition coefficient (Wildman–Crippen LogP) is 2.61. The summed E-state index contributed by atoms with van der Waals surface area (Å²) in [5.74, 6) is -0.579. The number of para-hydroxylation sites is 1. The van der Waals surface area contributed by atoms with E-state index in [9.17, 15) is 9.59 Å². The second-order valence-electron chi connectivity index (χ2n) is 5.86. The van der Waals surface area contributed by atoms with E-state index in [1.54, 1.807) is 28.7 Å². The van der Waals surface area contributed by atoms with Crippen LogP contribution in [0.1, 0.15) is 30.5 Å². The molecule has 3 heterocycles. The number of hydrogen-bond acceptors (Lipinski definition) is 5. The minimum Gasteiger partial charge on any atom is -0.334 e. The Morgan fingerprint density at radius 3 is 2.92 bits per heavy atom. The van der Waals surface area contributed by atoms with Crippen LogP contribution in [0.4, 0.5) is 0 Å². The minimum atomic E-state index is -0.518. The van der Waals surface area contributed by atoms with Crippen LogP contribution in [0.3, 0.4) is 0 Å². The van der Waals surface area contributed by atoms with Gasteiger partial charge in [-0.2, -0.15) is 0 Å². The molecule has 0 bridgehead atoms. The summed E-state index contributed by atoms with van der Waals surface area (Å²) in [5, 5.41) is 9.71. The molecular formula is C18H15N3O3S. The van der Waals surface area contributed by atoms with E-state index in [0.717, 1.165) is 15.8 Å². The number of fused-ring (bicyclic) bond motifs is 2. The van der Waals surface area contributed by atoms with Crippen molar-refractivity contribution in [3.8, 4) is 0 Å². The number of pyridine rings is 1. The summed E-state index contributed by atoms with van der Waals surface area (Å²) < 4.78 is 0. The summed E-state index contributed by atoms with van der Waals surface area (Å²) in [6, 6.07) is 11.1. The standard InChI is InChI=1S/C18H15N3O3S/c22-17(20-24)15-9-12-10-21(8-6-14(12)25-15)18(23)13-5-1-3-11-4-2-7-19-16(11)13/h1-5,7,9,24H,6,8,10H2,(H,20,22). The predicted molar refractivity (Wildman–Crippen MR) is 93.8 cm³/mol. The third-order valence-corrected chi connectivity index (χ3v) is 5.58. The molecule has 0 radical (unpaired) electrons. The lowest BCUT2D eigenvalue weighted by Gasteiger charge is -2.27. The van der Waals surface area contributed by atoms with E-state index in [1.807, 2.05) is 24.3 Å². The second-order valence-corrected chi connectivity index (χ2v) is 6.99. The van der Waals surface area contributed by atoms with Crippen LogP contribution >= 0.6 is 11.3 Å². The highest BCUT2D eigenvalue weighted by Crippen LogP contribution is 2.29. The highest BCUT2D eigenvalue weighted by Gasteiger charge is 2.26. The van der Waals surface area contributed by atoms with Crippen LogP contribution in [0.2, 0.25) is 0 Å². The quantitative estimate of drug-likeness (QED) is 0.548. The number of aromatic nitrogens is 1. The number of amides is 2. The first kappa shape index (κ1) is 15.7. The lowest BCUT2D eigenvalue weighted by atomic mass is 10.1. The molecule has 0 spiro atoms. The fraction of sp³-hybridized carbons (Fsp3) is 0.167. The Balaban J connectivity index is 1.64. The van der Waals surface area contributed by atoms with Crippen LogP contribution in [-0.4, -0.2) is 33.5 Å². The molecule has 0 aliphatic carbocycles. The number of nitrogens with zero attached hydrogens (tertiary/aromatic N) is 2. The SMILES string of the molecule is O=C(NO)c1cc2c(s1)CCN(C(=O)c1cccc3cccnc13)C2. The van der Waals surface area contributed by atoms with Crippen molar-refractivity contribution in [1.82, 2.24) is 15.4 Å². The molecule has 0 atom stereocenters. The minimum absolute atomic E-state index is 0.0608. The first-order valence-corrected chi connectivity index (χ1v) is 8.68. The van der Waals surface area contributed by atoms with Gasteiger partial charge in [-0.3, -0.25) is 19.8 Å². The number of nitrogens with one attached hydrogen (secondary N) is 1. The van der Waals surface area contributed by atoms with Crippen LogP contribution in [0, 0.1) is 0 Å². The van der Waals surface area contributed by atoms with Crippen molar-refractivity contribution in [2.24, 2.45) is 0 Å². The number of rotatable bonds is 2. The van der Waals surface area contributed by atoms with E-state index >= 15 is 0 Å². The third-order valence-electron chi connectivity index (χ3n) is 4.34. The number of benzene rings is 1. The van der Waals surface area contributed by atoms with E-state index in [-0.39, 0.29) is 5.91 Å². The molecule has 0 saturated carbocycles. The first-order chi connectivity index (χ1) is 12.2. The van der Waals surface area contributed by atoms with Crippen molar-refractivity contribution in [2.75, 3.05) is 6.54 Å². The topological polar surface area (TPSA) is 82.5 Å². The van der Waals surface area contributed by atoms with Gasteiger partial charge in [0.25, 0.3) is 11.8 Å². The molecule has 6 nitrogen and oxygen atoms in total. The molecule has 2 amide bonds. The van der Waals surface area contributed by atoms with Crippen molar-refractivity contribution >= 4 is 34.1 Å². The maximum Gasteiger partial charge on any atom is 0.284 e. The van der Waals surface area contributed by atoms with E-state index in [1.165, 1.54) is 11.3 Å². The molecule has 3 aromatic rings. The first-order valence-electron chi connectivity index (χ1n) is 7.86. The van der Waals surface area contributed by atoms with Crippen molar-refractivity contribution in [1.29, 1.82) is 0 Å². The molecule has 25 heavy (non-hydrogen) atoms. The summed E-state index contributed by atoms with van der Waals surface area (Å²) in [5.41, 5.74) is 3.90. The third kappa shape index (κ3) is 2.77. The van der Waals surface area contributed by atoms with Gasteiger partial charge in [0.1, 0.15) is 0 Å². The normalized spacial score (nSPS) is 13.6. The number of carbonyl (C=O) groups is 2. The van der Waals surface area contributed by atoms with Crippen LogP contribution < -0.4 is 5.48 Å². The van der Waals surface area contributed by atoms with Gasteiger partial charge >= 0.3 is 0 Å². The van der Waals surface area contributed by atoms with Gasteiger partial charge in [-0.25, -0.2) is 5.48 Å². The average Bonchev–Trinajstić information content (AvgIpc) is 3.09. The molecule has 2 aromatic heterocycles. The molecule has 2 N–H and O–H groups in total. The lowest BCUT2D eigenvalue weighted by molar-refractivity contribution is 0.0710. The van der Waals surface area contributed by atoms with Crippen LogP contribution in [0.25, 0.3) is 10.9 Å². The van der Waals surface area contributed by atoms with Crippen molar-refractivity contribution < 1.29 is 14.8 Å². The molecule has 0 fully saturated rings. The Labute approximate surface area is 147 Å². The summed E-state index contributed by atoms with van der Waals surface area (Å²) >= 11 is 1.36. The van der Waals surface area contributed by atoms with Gasteiger partial charge in [0, 0.05) is 29.5 Å². The van der Waals surface area contributed by atoms with Gasteiger partial charge in [0.15, 0.2) is 0 Å². The molecular weight excluding hydrogens is 338 g/mol. The van der Waals surface area contributed by atoms with Gasteiger partial charge in [-0.05, 0) is 30.2 Å². The largest absolute Gasteiger partial charge is 0.334 e. The molecule has 1 aliphatic rings.